The van der Waals surface area contributed by atoms with E-state index in [1.807, 2.05) is 31.2 Å². The second kappa shape index (κ2) is 9.17. The van der Waals surface area contributed by atoms with E-state index in [0.29, 0.717) is 31.5 Å². The summed E-state index contributed by atoms with van der Waals surface area (Å²) >= 11 is 0. The quantitative estimate of drug-likeness (QED) is 0.469. The van der Waals surface area contributed by atoms with Gasteiger partial charge < -0.3 is 14.8 Å². The summed E-state index contributed by atoms with van der Waals surface area (Å²) in [6.45, 7) is 3.05. The maximum Gasteiger partial charge on any atom is 0.224 e. The molecule has 4 nitrogen and oxygen atoms in total. The zero-order valence-electron chi connectivity index (χ0n) is 19.1. The Labute approximate surface area is 191 Å². The first-order valence-corrected chi connectivity index (χ1v) is 12.4. The van der Waals surface area contributed by atoms with Crippen molar-refractivity contribution < 1.29 is 14.3 Å². The van der Waals surface area contributed by atoms with Gasteiger partial charge in [0.15, 0.2) is 11.5 Å². The molecule has 6 rings (SSSR count). The summed E-state index contributed by atoms with van der Waals surface area (Å²) in [5.74, 6) is 4.36. The van der Waals surface area contributed by atoms with Gasteiger partial charge >= 0.3 is 0 Å². The second-order valence-electron chi connectivity index (χ2n) is 10.2. The average molecular weight is 434 g/mol. The molecule has 4 aliphatic rings. The zero-order valence-corrected chi connectivity index (χ0v) is 19.1. The minimum absolute atomic E-state index is 0.0363. The maximum absolute atomic E-state index is 12.4. The molecule has 0 aromatic heterocycles. The molecule has 170 valence electrons. The van der Waals surface area contributed by atoms with Crippen LogP contribution in [0.5, 0.6) is 11.5 Å². The van der Waals surface area contributed by atoms with Crippen LogP contribution in [-0.4, -0.2) is 19.1 Å². The number of benzene rings is 2. The molecule has 0 saturated heterocycles. The van der Waals surface area contributed by atoms with Crippen molar-refractivity contribution in [2.45, 2.75) is 63.7 Å². The Morgan fingerprint density at radius 2 is 1.50 bits per heavy atom. The van der Waals surface area contributed by atoms with Crippen LogP contribution in [0.4, 0.5) is 5.69 Å². The van der Waals surface area contributed by atoms with Crippen LogP contribution in [0.25, 0.3) is 0 Å². The van der Waals surface area contributed by atoms with E-state index in [4.69, 9.17) is 9.47 Å². The lowest BCUT2D eigenvalue weighted by molar-refractivity contribution is -0.116. The Kier molecular flexibility index (Phi) is 6.12. The summed E-state index contributed by atoms with van der Waals surface area (Å²) in [4.78, 5) is 12.4. The van der Waals surface area contributed by atoms with Gasteiger partial charge in [-0.1, -0.05) is 24.3 Å². The van der Waals surface area contributed by atoms with E-state index in [0.717, 1.165) is 34.9 Å². The van der Waals surface area contributed by atoms with Gasteiger partial charge in [0.05, 0.1) is 13.2 Å². The normalized spacial score (nSPS) is 27.8. The highest BCUT2D eigenvalue weighted by atomic mass is 16.5. The third-order valence-electron chi connectivity index (χ3n) is 7.77. The summed E-state index contributed by atoms with van der Waals surface area (Å²) in [5.41, 5.74) is 2.80. The lowest BCUT2D eigenvalue weighted by Crippen LogP contribution is -2.48. The van der Waals surface area contributed by atoms with E-state index >= 15 is 0 Å². The number of carbonyl (C=O) groups excluding carboxylic acids is 1. The van der Waals surface area contributed by atoms with Crippen LogP contribution in [0, 0.1) is 17.8 Å². The fourth-order valence-corrected chi connectivity index (χ4v) is 6.85. The summed E-state index contributed by atoms with van der Waals surface area (Å²) in [5, 5.41) is 3.05. The monoisotopic (exact) mass is 433 g/mol. The van der Waals surface area contributed by atoms with Crippen LogP contribution < -0.4 is 14.8 Å². The van der Waals surface area contributed by atoms with Gasteiger partial charge in [-0.2, -0.15) is 0 Å². The fraction of sp³-hybridized carbons (Fsp3) is 0.536. The predicted octanol–water partition coefficient (Wildman–Crippen LogP) is 6.35. The standard InChI is InChI=1S/C28H35NO3/c1-2-31-25-6-3-4-7-26(25)32-13-5-8-27(30)29-24-11-9-23(10-12-24)28-17-20-14-21(18-28)16-22(15-20)19-28/h3-4,6-7,9-12,20-22H,2,5,8,13-19H2,1H3,(H,29,30). The molecule has 1 N–H and O–H groups in total. The van der Waals surface area contributed by atoms with E-state index in [1.54, 1.807) is 0 Å². The summed E-state index contributed by atoms with van der Waals surface area (Å²) in [6.07, 6.45) is 9.62. The van der Waals surface area contributed by atoms with E-state index < -0.39 is 0 Å². The fourth-order valence-electron chi connectivity index (χ4n) is 6.85. The highest BCUT2D eigenvalue weighted by molar-refractivity contribution is 5.90. The van der Waals surface area contributed by atoms with Gasteiger partial charge in [-0.05, 0) is 105 Å². The van der Waals surface area contributed by atoms with E-state index in [9.17, 15) is 4.79 Å². The van der Waals surface area contributed by atoms with Crippen molar-refractivity contribution in [3.63, 3.8) is 0 Å². The van der Waals surface area contributed by atoms with Crippen LogP contribution in [0.2, 0.25) is 0 Å². The van der Waals surface area contributed by atoms with Crippen molar-refractivity contribution in [2.75, 3.05) is 18.5 Å². The Balaban J connectivity index is 1.10. The largest absolute Gasteiger partial charge is 0.490 e. The molecule has 4 saturated carbocycles. The number of hydrogen-bond donors (Lipinski definition) is 1. The number of ether oxygens (including phenoxy) is 2. The third-order valence-corrected chi connectivity index (χ3v) is 7.77. The number of anilines is 1. The van der Waals surface area contributed by atoms with Crippen molar-refractivity contribution in [2.24, 2.45) is 17.8 Å². The van der Waals surface area contributed by atoms with Crippen LogP contribution >= 0.6 is 0 Å². The van der Waals surface area contributed by atoms with Crippen molar-refractivity contribution in [1.82, 2.24) is 0 Å². The Bertz CT molecular complexity index is 901. The molecule has 2 aromatic rings. The lowest BCUT2D eigenvalue weighted by Gasteiger charge is -2.57. The number of rotatable bonds is 9. The van der Waals surface area contributed by atoms with Gasteiger partial charge in [-0.15, -0.1) is 0 Å². The molecule has 4 fully saturated rings. The van der Waals surface area contributed by atoms with Crippen LogP contribution in [0.3, 0.4) is 0 Å². The first kappa shape index (κ1) is 21.4. The maximum atomic E-state index is 12.4. The highest BCUT2D eigenvalue weighted by Crippen LogP contribution is 2.60. The summed E-state index contributed by atoms with van der Waals surface area (Å²) in [7, 11) is 0. The first-order valence-electron chi connectivity index (χ1n) is 12.4. The van der Waals surface area contributed by atoms with Gasteiger partial charge in [-0.25, -0.2) is 0 Å². The Morgan fingerprint density at radius 3 is 2.09 bits per heavy atom. The van der Waals surface area contributed by atoms with E-state index in [2.05, 4.69) is 29.6 Å². The van der Waals surface area contributed by atoms with Crippen molar-refractivity contribution in [3.8, 4) is 11.5 Å². The highest BCUT2D eigenvalue weighted by Gasteiger charge is 2.51. The number of carbonyl (C=O) groups is 1. The number of para-hydroxylation sites is 2. The molecule has 2 aromatic carbocycles. The molecule has 4 heteroatoms. The Hall–Kier alpha value is -2.49. The van der Waals surface area contributed by atoms with Gasteiger partial charge in [0.1, 0.15) is 0 Å². The molecule has 1 amide bonds. The molecule has 0 atom stereocenters. The smallest absolute Gasteiger partial charge is 0.224 e. The van der Waals surface area contributed by atoms with Gasteiger partial charge in [-0.3, -0.25) is 4.79 Å². The molecule has 0 radical (unpaired) electrons. The average Bonchev–Trinajstić information content (AvgIpc) is 2.77. The molecule has 32 heavy (non-hydrogen) atoms. The molecule has 0 unspecified atom stereocenters. The first-order chi connectivity index (χ1) is 15.6. The topological polar surface area (TPSA) is 47.6 Å². The lowest BCUT2D eigenvalue weighted by atomic mass is 9.48. The van der Waals surface area contributed by atoms with Gasteiger partial charge in [0.25, 0.3) is 0 Å². The second-order valence-corrected chi connectivity index (χ2v) is 10.2. The van der Waals surface area contributed by atoms with Crippen LogP contribution in [-0.2, 0) is 10.2 Å². The summed E-state index contributed by atoms with van der Waals surface area (Å²) in [6, 6.07) is 16.4. The van der Waals surface area contributed by atoms with Crippen LogP contribution in [0.15, 0.2) is 48.5 Å². The molecule has 0 heterocycles. The zero-order chi connectivity index (χ0) is 22.0. The van der Waals surface area contributed by atoms with Gasteiger partial charge in [0.2, 0.25) is 5.91 Å². The summed E-state index contributed by atoms with van der Waals surface area (Å²) < 4.78 is 11.4. The van der Waals surface area contributed by atoms with Crippen molar-refractivity contribution in [3.05, 3.63) is 54.1 Å². The number of hydrogen-bond acceptors (Lipinski definition) is 3. The molecular formula is C28H35NO3. The molecular weight excluding hydrogens is 398 g/mol. The minimum atomic E-state index is 0.0363. The van der Waals surface area contributed by atoms with E-state index in [1.165, 1.54) is 44.1 Å². The SMILES string of the molecule is CCOc1ccccc1OCCCC(=O)Nc1ccc(C23CC4CC(CC(C4)C2)C3)cc1. The minimum Gasteiger partial charge on any atom is -0.490 e. The van der Waals surface area contributed by atoms with E-state index in [-0.39, 0.29) is 5.91 Å². The number of amides is 1. The molecule has 0 spiro atoms. The molecule has 4 aliphatic carbocycles. The van der Waals surface area contributed by atoms with Crippen molar-refractivity contribution in [1.29, 1.82) is 0 Å². The van der Waals surface area contributed by atoms with Gasteiger partial charge in [0, 0.05) is 12.1 Å². The van der Waals surface area contributed by atoms with Crippen molar-refractivity contribution >= 4 is 11.6 Å². The van der Waals surface area contributed by atoms with Crippen LogP contribution in [0.1, 0.15) is 63.9 Å². The molecule has 4 bridgehead atoms. The number of nitrogens with one attached hydrogen (secondary N) is 1. The third kappa shape index (κ3) is 4.51. The molecule has 0 aliphatic heterocycles. The predicted molar refractivity (Wildman–Crippen MR) is 127 cm³/mol. The Morgan fingerprint density at radius 1 is 0.906 bits per heavy atom.